The highest BCUT2D eigenvalue weighted by Crippen LogP contribution is 2.27. The number of aromatic amines is 1. The highest BCUT2D eigenvalue weighted by Gasteiger charge is 2.03. The fourth-order valence-corrected chi connectivity index (χ4v) is 1.91. The van der Waals surface area contributed by atoms with Gasteiger partial charge >= 0.3 is 0 Å². The molecule has 0 spiro atoms. The fourth-order valence-electron chi connectivity index (χ4n) is 1.91. The zero-order valence-corrected chi connectivity index (χ0v) is 7.90. The van der Waals surface area contributed by atoms with Crippen LogP contribution < -0.4 is 0 Å². The van der Waals surface area contributed by atoms with Crippen molar-refractivity contribution in [2.75, 3.05) is 0 Å². The lowest BCUT2D eigenvalue weighted by molar-refractivity contribution is 1.37. The molecule has 1 aromatic heterocycles. The SMILES string of the molecule is O=Nc1cc2ccc3ccccc3c2[nH]1. The first-order valence-corrected chi connectivity index (χ1v) is 4.72. The molecular formula is C12H8N2O. The van der Waals surface area contributed by atoms with Crippen LogP contribution in [0.15, 0.2) is 47.6 Å². The molecule has 3 nitrogen and oxygen atoms in total. The van der Waals surface area contributed by atoms with Crippen LogP contribution >= 0.6 is 0 Å². The number of nitroso groups, excluding NO2 is 1. The molecule has 3 aromatic rings. The predicted octanol–water partition coefficient (Wildman–Crippen LogP) is 3.72. The van der Waals surface area contributed by atoms with E-state index in [2.05, 4.69) is 10.2 Å². The van der Waals surface area contributed by atoms with Crippen LogP contribution in [0.2, 0.25) is 0 Å². The van der Waals surface area contributed by atoms with E-state index in [-0.39, 0.29) is 0 Å². The van der Waals surface area contributed by atoms with Crippen LogP contribution in [0.5, 0.6) is 0 Å². The van der Waals surface area contributed by atoms with Gasteiger partial charge in [0, 0.05) is 10.8 Å². The second-order valence-electron chi connectivity index (χ2n) is 3.50. The van der Waals surface area contributed by atoms with Crippen molar-refractivity contribution in [1.29, 1.82) is 0 Å². The van der Waals surface area contributed by atoms with Crippen LogP contribution in [0.1, 0.15) is 0 Å². The lowest BCUT2D eigenvalue weighted by Crippen LogP contribution is -1.73. The van der Waals surface area contributed by atoms with Crippen molar-refractivity contribution in [1.82, 2.24) is 4.98 Å². The van der Waals surface area contributed by atoms with E-state index >= 15 is 0 Å². The molecule has 0 aliphatic heterocycles. The van der Waals surface area contributed by atoms with Gasteiger partial charge in [0.05, 0.1) is 5.52 Å². The van der Waals surface area contributed by atoms with E-state index in [1.807, 2.05) is 36.4 Å². The smallest absolute Gasteiger partial charge is 0.175 e. The summed E-state index contributed by atoms with van der Waals surface area (Å²) in [5.41, 5.74) is 0.975. The first kappa shape index (κ1) is 8.17. The Hall–Kier alpha value is -2.16. The minimum Gasteiger partial charge on any atom is -0.336 e. The van der Waals surface area contributed by atoms with Crippen LogP contribution in [-0.4, -0.2) is 4.98 Å². The van der Waals surface area contributed by atoms with Gasteiger partial charge in [-0.05, 0) is 16.6 Å². The number of H-pyrrole nitrogens is 1. The van der Waals surface area contributed by atoms with Gasteiger partial charge in [-0.3, -0.25) is 0 Å². The van der Waals surface area contributed by atoms with Crippen molar-refractivity contribution < 1.29 is 0 Å². The standard InChI is InChI=1S/C12H8N2O/c15-14-11-7-9-6-5-8-3-1-2-4-10(8)12(9)13-11/h1-7,13H. The van der Waals surface area contributed by atoms with Crippen LogP contribution in [0, 0.1) is 4.91 Å². The van der Waals surface area contributed by atoms with Gasteiger partial charge in [-0.1, -0.05) is 36.4 Å². The molecule has 0 fully saturated rings. The van der Waals surface area contributed by atoms with E-state index in [0.717, 1.165) is 21.7 Å². The summed E-state index contributed by atoms with van der Waals surface area (Å²) in [5.74, 6) is 0.376. The lowest BCUT2D eigenvalue weighted by atomic mass is 10.1. The summed E-state index contributed by atoms with van der Waals surface area (Å²) in [6.45, 7) is 0. The quantitative estimate of drug-likeness (QED) is 0.592. The maximum atomic E-state index is 10.4. The highest BCUT2D eigenvalue weighted by molar-refractivity contribution is 6.06. The number of hydrogen-bond acceptors (Lipinski definition) is 2. The largest absolute Gasteiger partial charge is 0.336 e. The normalized spacial score (nSPS) is 10.9. The van der Waals surface area contributed by atoms with Crippen molar-refractivity contribution in [2.45, 2.75) is 0 Å². The van der Waals surface area contributed by atoms with Crippen LogP contribution in [0.25, 0.3) is 21.7 Å². The Bertz CT molecular complexity index is 655. The Labute approximate surface area is 85.7 Å². The minimum atomic E-state index is 0.376. The molecule has 0 saturated heterocycles. The Kier molecular flexibility index (Phi) is 1.59. The van der Waals surface area contributed by atoms with Gasteiger partial charge in [-0.2, -0.15) is 0 Å². The van der Waals surface area contributed by atoms with Crippen molar-refractivity contribution in [3.63, 3.8) is 0 Å². The second kappa shape index (κ2) is 2.92. The summed E-state index contributed by atoms with van der Waals surface area (Å²) in [7, 11) is 0. The lowest BCUT2D eigenvalue weighted by Gasteiger charge is -1.97. The summed E-state index contributed by atoms with van der Waals surface area (Å²) >= 11 is 0. The van der Waals surface area contributed by atoms with Gasteiger partial charge in [0.2, 0.25) is 0 Å². The molecule has 1 N–H and O–H groups in total. The topological polar surface area (TPSA) is 45.2 Å². The first-order chi connectivity index (χ1) is 7.38. The number of rotatable bonds is 1. The van der Waals surface area contributed by atoms with E-state index in [4.69, 9.17) is 0 Å². The van der Waals surface area contributed by atoms with Gasteiger partial charge in [0.15, 0.2) is 5.82 Å². The molecule has 0 aliphatic carbocycles. The highest BCUT2D eigenvalue weighted by atomic mass is 16.3. The molecule has 0 bridgehead atoms. The number of benzene rings is 2. The van der Waals surface area contributed by atoms with E-state index in [1.165, 1.54) is 0 Å². The minimum absolute atomic E-state index is 0.376. The van der Waals surface area contributed by atoms with E-state index in [1.54, 1.807) is 6.07 Å². The van der Waals surface area contributed by atoms with Crippen molar-refractivity contribution in [3.8, 4) is 0 Å². The van der Waals surface area contributed by atoms with E-state index < -0.39 is 0 Å². The Morgan fingerprint density at radius 1 is 1.00 bits per heavy atom. The van der Waals surface area contributed by atoms with Crippen molar-refractivity contribution >= 4 is 27.5 Å². The molecule has 2 aromatic carbocycles. The van der Waals surface area contributed by atoms with Crippen molar-refractivity contribution in [2.24, 2.45) is 5.18 Å². The summed E-state index contributed by atoms with van der Waals surface area (Å²) in [4.78, 5) is 13.4. The average molecular weight is 196 g/mol. The molecule has 0 radical (unpaired) electrons. The number of hydrogen-bond donors (Lipinski definition) is 1. The summed E-state index contributed by atoms with van der Waals surface area (Å²) in [5, 5.41) is 6.20. The number of fused-ring (bicyclic) bond motifs is 3. The predicted molar refractivity (Wildman–Crippen MR) is 61.3 cm³/mol. The number of aromatic nitrogens is 1. The van der Waals surface area contributed by atoms with Gasteiger partial charge in [-0.25, -0.2) is 0 Å². The molecule has 0 saturated carbocycles. The average Bonchev–Trinajstić information content (AvgIpc) is 2.72. The monoisotopic (exact) mass is 196 g/mol. The van der Waals surface area contributed by atoms with Crippen LogP contribution in [0.3, 0.4) is 0 Å². The molecule has 0 unspecified atom stereocenters. The van der Waals surface area contributed by atoms with E-state index in [9.17, 15) is 4.91 Å². The third-order valence-electron chi connectivity index (χ3n) is 2.60. The van der Waals surface area contributed by atoms with Gasteiger partial charge in [0.1, 0.15) is 0 Å². The first-order valence-electron chi connectivity index (χ1n) is 4.72. The summed E-state index contributed by atoms with van der Waals surface area (Å²) in [6.07, 6.45) is 0. The fraction of sp³-hybridized carbons (Fsp3) is 0. The van der Waals surface area contributed by atoms with Gasteiger partial charge < -0.3 is 4.98 Å². The zero-order valence-electron chi connectivity index (χ0n) is 7.90. The number of nitrogens with zero attached hydrogens (tertiary/aromatic N) is 1. The molecule has 0 atom stereocenters. The second-order valence-corrected chi connectivity index (χ2v) is 3.50. The zero-order chi connectivity index (χ0) is 10.3. The molecule has 3 rings (SSSR count). The van der Waals surface area contributed by atoms with Gasteiger partial charge in [0.25, 0.3) is 0 Å². The maximum Gasteiger partial charge on any atom is 0.175 e. The molecule has 1 heterocycles. The Balaban J connectivity index is 2.52. The Morgan fingerprint density at radius 3 is 2.67 bits per heavy atom. The summed E-state index contributed by atoms with van der Waals surface area (Å²) in [6, 6.07) is 13.8. The third-order valence-corrected chi connectivity index (χ3v) is 2.60. The molecule has 0 aliphatic rings. The molecule has 72 valence electrons. The number of nitrogens with one attached hydrogen (secondary N) is 1. The molecule has 3 heteroatoms. The molecule has 15 heavy (non-hydrogen) atoms. The molecular weight excluding hydrogens is 188 g/mol. The summed E-state index contributed by atoms with van der Waals surface area (Å²) < 4.78 is 0. The van der Waals surface area contributed by atoms with Crippen LogP contribution in [-0.2, 0) is 0 Å². The van der Waals surface area contributed by atoms with E-state index in [0.29, 0.717) is 5.82 Å². The maximum absolute atomic E-state index is 10.4. The Morgan fingerprint density at radius 2 is 1.80 bits per heavy atom. The molecule has 0 amide bonds. The third kappa shape index (κ3) is 1.13. The van der Waals surface area contributed by atoms with Crippen molar-refractivity contribution in [3.05, 3.63) is 47.4 Å². The van der Waals surface area contributed by atoms with Gasteiger partial charge in [-0.15, -0.1) is 4.91 Å². The van der Waals surface area contributed by atoms with Crippen LogP contribution in [0.4, 0.5) is 5.82 Å².